The number of hydrogen-bond donors (Lipinski definition) is 2. The van der Waals surface area contributed by atoms with Crippen molar-refractivity contribution in [3.8, 4) is 17.1 Å². The first-order valence-electron chi connectivity index (χ1n) is 9.73. The van der Waals surface area contributed by atoms with E-state index in [-0.39, 0.29) is 5.91 Å². The van der Waals surface area contributed by atoms with Crippen molar-refractivity contribution in [3.63, 3.8) is 0 Å². The highest BCUT2D eigenvalue weighted by molar-refractivity contribution is 8.00. The number of anilines is 1. The molecule has 0 saturated heterocycles. The lowest BCUT2D eigenvalue weighted by molar-refractivity contribution is -0.115. The van der Waals surface area contributed by atoms with Gasteiger partial charge >= 0.3 is 0 Å². The number of ether oxygens (including phenoxy) is 1. The quantitative estimate of drug-likeness (QED) is 0.435. The number of nitrogens with one attached hydrogen (secondary N) is 1. The molecule has 1 amide bonds. The summed E-state index contributed by atoms with van der Waals surface area (Å²) in [6.45, 7) is 8.05. The summed E-state index contributed by atoms with van der Waals surface area (Å²) in [6, 6.07) is 13.4. The average Bonchev–Trinajstić information content (AvgIpc) is 3.09. The van der Waals surface area contributed by atoms with Crippen molar-refractivity contribution in [1.82, 2.24) is 14.9 Å². The third kappa shape index (κ3) is 4.59. The lowest BCUT2D eigenvalue weighted by Crippen LogP contribution is -2.25. The maximum Gasteiger partial charge on any atom is 0.237 e. The predicted octanol–water partition coefficient (Wildman–Crippen LogP) is 4.22. The van der Waals surface area contributed by atoms with Gasteiger partial charge in [-0.3, -0.25) is 4.79 Å². The highest BCUT2D eigenvalue weighted by Gasteiger charge is 2.21. The number of nitrogens with zero attached hydrogens (tertiary/aromatic N) is 3. The zero-order chi connectivity index (χ0) is 21.8. The van der Waals surface area contributed by atoms with Gasteiger partial charge in [-0.05, 0) is 55.2 Å². The molecule has 30 heavy (non-hydrogen) atoms. The molecule has 0 fully saturated rings. The minimum atomic E-state index is -0.403. The molecule has 3 N–H and O–H groups in total. The zero-order valence-electron chi connectivity index (χ0n) is 17.8. The minimum Gasteiger partial charge on any atom is -0.497 e. The molecule has 1 aromatic heterocycles. The van der Waals surface area contributed by atoms with Crippen LogP contribution in [0.1, 0.15) is 37.8 Å². The Balaban J connectivity index is 1.74. The second-order valence-corrected chi connectivity index (χ2v) is 8.66. The normalized spacial score (nSPS) is 12.1. The molecule has 3 rings (SSSR count). The van der Waals surface area contributed by atoms with Crippen molar-refractivity contribution in [2.24, 2.45) is 0 Å². The Bertz CT molecular complexity index is 1030. The topological polar surface area (TPSA) is 95.1 Å². The highest BCUT2D eigenvalue weighted by Crippen LogP contribution is 2.30. The maximum atomic E-state index is 12.9. The van der Waals surface area contributed by atoms with Crippen molar-refractivity contribution in [2.75, 3.05) is 18.3 Å². The molecule has 7 nitrogen and oxygen atoms in total. The fourth-order valence-electron chi connectivity index (χ4n) is 3.07. The van der Waals surface area contributed by atoms with E-state index in [0.29, 0.717) is 16.9 Å². The molecule has 0 aliphatic heterocycles. The summed E-state index contributed by atoms with van der Waals surface area (Å²) in [6.07, 6.45) is 0. The van der Waals surface area contributed by atoms with Gasteiger partial charge < -0.3 is 15.9 Å². The Labute approximate surface area is 181 Å². The Morgan fingerprint density at radius 1 is 1.13 bits per heavy atom. The van der Waals surface area contributed by atoms with Crippen LogP contribution in [0.5, 0.6) is 5.75 Å². The Hall–Kier alpha value is -3.00. The summed E-state index contributed by atoms with van der Waals surface area (Å²) in [7, 11) is 1.61. The Kier molecular flexibility index (Phi) is 6.66. The van der Waals surface area contributed by atoms with E-state index in [1.54, 1.807) is 7.11 Å². The number of aryl methyl sites for hydroxylation is 1. The predicted molar refractivity (Wildman–Crippen MR) is 121 cm³/mol. The lowest BCUT2D eigenvalue weighted by Gasteiger charge is -2.18. The number of hydrogen-bond acceptors (Lipinski definition) is 6. The van der Waals surface area contributed by atoms with Gasteiger partial charge in [-0.2, -0.15) is 0 Å². The van der Waals surface area contributed by atoms with Crippen LogP contribution in [-0.2, 0) is 4.79 Å². The van der Waals surface area contributed by atoms with Crippen LogP contribution in [0.15, 0.2) is 47.6 Å². The first kappa shape index (κ1) is 21.7. The second-order valence-electron chi connectivity index (χ2n) is 7.35. The van der Waals surface area contributed by atoms with E-state index in [4.69, 9.17) is 10.6 Å². The number of aromatic nitrogens is 3. The molecule has 0 bridgehead atoms. The van der Waals surface area contributed by atoms with Crippen LogP contribution in [0.25, 0.3) is 11.4 Å². The molecule has 0 radical (unpaired) electrons. The van der Waals surface area contributed by atoms with E-state index in [1.807, 2.05) is 56.3 Å². The summed E-state index contributed by atoms with van der Waals surface area (Å²) < 4.78 is 6.58. The van der Waals surface area contributed by atoms with Gasteiger partial charge in [-0.15, -0.1) is 10.2 Å². The molecule has 0 unspecified atom stereocenters. The standard InChI is InChI=1S/C22H27N5O2S/c1-13(2)18-8-6-7-14(3)19(18)24-21(28)15(4)30-22-26-25-20(27(22)23)16-9-11-17(29-5)12-10-16/h6-13,15H,23H2,1-5H3,(H,24,28)/t15-/m0/s1. The van der Waals surface area contributed by atoms with E-state index in [9.17, 15) is 4.79 Å². The molecule has 2 aromatic carbocycles. The Morgan fingerprint density at radius 2 is 1.83 bits per heavy atom. The number of para-hydroxylation sites is 1. The summed E-state index contributed by atoms with van der Waals surface area (Å²) in [5, 5.41) is 11.5. The van der Waals surface area contributed by atoms with Gasteiger partial charge in [-0.25, -0.2) is 4.68 Å². The van der Waals surface area contributed by atoms with Gasteiger partial charge in [0.05, 0.1) is 12.4 Å². The zero-order valence-corrected chi connectivity index (χ0v) is 18.7. The molecule has 8 heteroatoms. The van der Waals surface area contributed by atoms with Gasteiger partial charge in [0.25, 0.3) is 0 Å². The number of carbonyl (C=O) groups is 1. The third-order valence-corrected chi connectivity index (χ3v) is 5.90. The van der Waals surface area contributed by atoms with Gasteiger partial charge in [0.2, 0.25) is 11.1 Å². The molecule has 1 atom stereocenters. The molecule has 3 aromatic rings. The number of nitrogens with two attached hydrogens (primary N) is 1. The number of rotatable bonds is 7. The van der Waals surface area contributed by atoms with Crippen molar-refractivity contribution in [1.29, 1.82) is 0 Å². The van der Waals surface area contributed by atoms with E-state index >= 15 is 0 Å². The second kappa shape index (κ2) is 9.21. The van der Waals surface area contributed by atoms with Gasteiger partial charge in [-0.1, -0.05) is 43.8 Å². The van der Waals surface area contributed by atoms with Gasteiger partial charge in [0, 0.05) is 11.3 Å². The van der Waals surface area contributed by atoms with Gasteiger partial charge in [0.15, 0.2) is 5.82 Å². The number of nitrogen functional groups attached to an aromatic ring is 1. The smallest absolute Gasteiger partial charge is 0.237 e. The summed E-state index contributed by atoms with van der Waals surface area (Å²) in [4.78, 5) is 12.9. The monoisotopic (exact) mass is 425 g/mol. The van der Waals surface area contributed by atoms with E-state index in [0.717, 1.165) is 28.1 Å². The molecule has 0 saturated carbocycles. The molecule has 1 heterocycles. The van der Waals surface area contributed by atoms with Crippen molar-refractivity contribution >= 4 is 23.4 Å². The van der Waals surface area contributed by atoms with Crippen LogP contribution >= 0.6 is 11.8 Å². The first-order chi connectivity index (χ1) is 14.3. The SMILES string of the molecule is COc1ccc(-c2nnc(S[C@@H](C)C(=O)Nc3c(C)cccc3C(C)C)n2N)cc1. The van der Waals surface area contributed by atoms with Gasteiger partial charge in [0.1, 0.15) is 5.75 Å². The summed E-state index contributed by atoms with van der Waals surface area (Å²) in [5.41, 5.74) is 3.84. The van der Waals surface area contributed by atoms with Crippen LogP contribution in [-0.4, -0.2) is 33.1 Å². The van der Waals surface area contributed by atoms with Crippen molar-refractivity contribution < 1.29 is 9.53 Å². The molecule has 0 spiro atoms. The summed E-state index contributed by atoms with van der Waals surface area (Å²) >= 11 is 1.27. The van der Waals surface area contributed by atoms with Crippen molar-refractivity contribution in [3.05, 3.63) is 53.6 Å². The lowest BCUT2D eigenvalue weighted by atomic mass is 9.98. The van der Waals surface area contributed by atoms with E-state index in [1.165, 1.54) is 16.4 Å². The summed E-state index contributed by atoms with van der Waals surface area (Å²) in [5.74, 6) is 7.67. The highest BCUT2D eigenvalue weighted by atomic mass is 32.2. The van der Waals surface area contributed by atoms with Crippen molar-refractivity contribution in [2.45, 2.75) is 44.0 Å². The minimum absolute atomic E-state index is 0.106. The van der Waals surface area contributed by atoms with Crippen LogP contribution in [0, 0.1) is 6.92 Å². The third-order valence-electron chi connectivity index (χ3n) is 4.84. The molecular formula is C22H27N5O2S. The number of methoxy groups -OCH3 is 1. The number of thioether (sulfide) groups is 1. The largest absolute Gasteiger partial charge is 0.497 e. The number of carbonyl (C=O) groups excluding carboxylic acids is 1. The van der Waals surface area contributed by atoms with Crippen LogP contribution in [0.2, 0.25) is 0 Å². The van der Waals surface area contributed by atoms with E-state index in [2.05, 4.69) is 29.4 Å². The molecule has 158 valence electrons. The van der Waals surface area contributed by atoms with Crippen LogP contribution < -0.4 is 15.9 Å². The molecular weight excluding hydrogens is 398 g/mol. The maximum absolute atomic E-state index is 12.9. The van der Waals surface area contributed by atoms with E-state index < -0.39 is 5.25 Å². The van der Waals surface area contributed by atoms with Crippen LogP contribution in [0.3, 0.4) is 0 Å². The molecule has 0 aliphatic carbocycles. The first-order valence-corrected chi connectivity index (χ1v) is 10.6. The fourth-order valence-corrected chi connectivity index (χ4v) is 3.84. The van der Waals surface area contributed by atoms with Crippen LogP contribution in [0.4, 0.5) is 5.69 Å². The fraction of sp³-hybridized carbons (Fsp3) is 0.318. The number of benzene rings is 2. The number of amides is 1. The average molecular weight is 426 g/mol. The molecule has 0 aliphatic rings. The Morgan fingerprint density at radius 3 is 2.47 bits per heavy atom.